The third kappa shape index (κ3) is 4.14. The summed E-state index contributed by atoms with van der Waals surface area (Å²) >= 11 is 0. The molecule has 0 saturated carbocycles. The smallest absolute Gasteiger partial charge is 0.338 e. The van der Waals surface area contributed by atoms with Crippen molar-refractivity contribution in [2.75, 3.05) is 32.8 Å². The van der Waals surface area contributed by atoms with Crippen molar-refractivity contribution in [2.45, 2.75) is 37.5 Å². The number of rotatable bonds is 4. The number of fused-ring (bicyclic) bond motifs is 3. The van der Waals surface area contributed by atoms with Crippen molar-refractivity contribution < 1.29 is 19.1 Å². The van der Waals surface area contributed by atoms with Crippen LogP contribution in [0.1, 0.15) is 51.2 Å². The lowest BCUT2D eigenvalue weighted by molar-refractivity contribution is -0.141. The van der Waals surface area contributed by atoms with Crippen LogP contribution in [-0.4, -0.2) is 71.8 Å². The molecule has 0 spiro atoms. The van der Waals surface area contributed by atoms with Crippen LogP contribution in [0.3, 0.4) is 0 Å². The van der Waals surface area contributed by atoms with Crippen molar-refractivity contribution in [3.63, 3.8) is 0 Å². The Labute approximate surface area is 208 Å². The van der Waals surface area contributed by atoms with Crippen molar-refractivity contribution >= 4 is 24.0 Å². The van der Waals surface area contributed by atoms with Crippen molar-refractivity contribution in [1.29, 1.82) is 0 Å². The van der Waals surface area contributed by atoms with Gasteiger partial charge in [0.25, 0.3) is 0 Å². The van der Waals surface area contributed by atoms with Crippen LogP contribution >= 0.6 is 0 Å². The fourth-order valence-corrected chi connectivity index (χ4v) is 5.66. The zero-order valence-corrected chi connectivity index (χ0v) is 19.7. The molecule has 1 aliphatic carbocycles. The van der Waals surface area contributed by atoms with Gasteiger partial charge in [-0.3, -0.25) is 9.69 Å². The average molecular weight is 490 g/mol. The first-order chi connectivity index (χ1) is 17.6. The van der Waals surface area contributed by atoms with Crippen LogP contribution in [0.2, 0.25) is 0 Å². The topological polar surface area (TPSA) is 135 Å². The number of aliphatic imine (C=N–C) groups is 1. The number of cyclic esters (lactones) is 1. The molecule has 1 aromatic heterocycles. The third-order valence-corrected chi connectivity index (χ3v) is 7.53. The van der Waals surface area contributed by atoms with Gasteiger partial charge in [-0.1, -0.05) is 17.4 Å². The normalized spacial score (nSPS) is 25.7. The van der Waals surface area contributed by atoms with Gasteiger partial charge in [0.2, 0.25) is 5.91 Å². The van der Waals surface area contributed by atoms with E-state index in [1.165, 1.54) is 6.34 Å². The number of benzene rings is 1. The molecule has 2 fully saturated rings. The second kappa shape index (κ2) is 9.40. The van der Waals surface area contributed by atoms with E-state index in [2.05, 4.69) is 25.2 Å². The van der Waals surface area contributed by atoms with E-state index >= 15 is 0 Å². The summed E-state index contributed by atoms with van der Waals surface area (Å²) in [6, 6.07) is 9.73. The number of hydrogen-bond donors (Lipinski definition) is 1. The first kappa shape index (κ1) is 22.7. The lowest BCUT2D eigenvalue weighted by atomic mass is 9.98. The molecule has 3 atom stereocenters. The molecule has 11 nitrogen and oxygen atoms in total. The van der Waals surface area contributed by atoms with E-state index in [0.717, 1.165) is 48.3 Å². The summed E-state index contributed by atoms with van der Waals surface area (Å²) in [7, 11) is 0. The monoisotopic (exact) mass is 489 g/mol. The Morgan fingerprint density at radius 2 is 2.11 bits per heavy atom. The second-order valence-corrected chi connectivity index (χ2v) is 9.52. The summed E-state index contributed by atoms with van der Waals surface area (Å²) in [4.78, 5) is 38.3. The number of esters is 1. The van der Waals surface area contributed by atoms with Gasteiger partial charge in [0, 0.05) is 37.4 Å². The molecule has 2 N–H and O–H groups in total. The summed E-state index contributed by atoms with van der Waals surface area (Å²) in [5.74, 6) is 5.24. The predicted octanol–water partition coefficient (Wildman–Crippen LogP) is 2.05. The second-order valence-electron chi connectivity index (χ2n) is 9.52. The maximum Gasteiger partial charge on any atom is 0.338 e. The third-order valence-electron chi connectivity index (χ3n) is 7.53. The number of nitrogens with two attached hydrogens (primary N) is 1. The molecule has 1 aromatic carbocycles. The Bertz CT molecular complexity index is 1260. The molecule has 4 aliphatic rings. The zero-order valence-electron chi connectivity index (χ0n) is 19.7. The number of ether oxygens (including phenoxy) is 2. The number of amides is 1. The van der Waals surface area contributed by atoms with E-state index in [0.29, 0.717) is 37.7 Å². The van der Waals surface area contributed by atoms with Crippen molar-refractivity contribution in [1.82, 2.24) is 14.8 Å². The van der Waals surface area contributed by atoms with Gasteiger partial charge in [-0.15, -0.1) is 5.11 Å². The van der Waals surface area contributed by atoms with Gasteiger partial charge in [0.05, 0.1) is 30.2 Å². The quantitative estimate of drug-likeness (QED) is 0.173. The van der Waals surface area contributed by atoms with E-state index in [9.17, 15) is 9.59 Å². The molecule has 36 heavy (non-hydrogen) atoms. The van der Waals surface area contributed by atoms with Crippen LogP contribution in [0.25, 0.3) is 0 Å². The zero-order chi connectivity index (χ0) is 24.6. The number of aromatic nitrogens is 1. The van der Waals surface area contributed by atoms with E-state index in [1.807, 2.05) is 29.2 Å². The average Bonchev–Trinajstić information content (AvgIpc) is 3.50. The van der Waals surface area contributed by atoms with Crippen molar-refractivity contribution in [3.8, 4) is 0 Å². The number of carbonyl (C=O) groups is 2. The number of piperazine rings is 1. The van der Waals surface area contributed by atoms with Gasteiger partial charge in [0.15, 0.2) is 5.82 Å². The summed E-state index contributed by atoms with van der Waals surface area (Å²) in [6.45, 7) is 3.82. The molecule has 6 rings (SSSR count). The lowest BCUT2D eigenvalue weighted by Gasteiger charge is -2.46. The molecule has 0 radical (unpaired) electrons. The fraction of sp³-hybridized carbons (Fsp3) is 0.440. The van der Waals surface area contributed by atoms with Crippen LogP contribution in [0.5, 0.6) is 0 Å². The van der Waals surface area contributed by atoms with Crippen LogP contribution < -0.4 is 5.84 Å². The molecular formula is C25H27N7O4. The summed E-state index contributed by atoms with van der Waals surface area (Å²) in [5, 5.41) is 6.66. The highest BCUT2D eigenvalue weighted by Crippen LogP contribution is 2.36. The largest absolute Gasteiger partial charge is 0.457 e. The number of carbonyl (C=O) groups excluding carboxylic acids is 2. The van der Waals surface area contributed by atoms with Gasteiger partial charge < -0.3 is 20.2 Å². The Morgan fingerprint density at radius 3 is 3.00 bits per heavy atom. The molecule has 1 amide bonds. The molecule has 2 aromatic rings. The maximum atomic E-state index is 13.5. The van der Waals surface area contributed by atoms with Crippen LogP contribution in [0.15, 0.2) is 45.7 Å². The molecule has 11 heteroatoms. The number of pyridine rings is 1. The highest BCUT2D eigenvalue weighted by Gasteiger charge is 2.39. The minimum atomic E-state index is -0.258. The first-order valence-corrected chi connectivity index (χ1v) is 12.2. The molecule has 3 unspecified atom stereocenters. The Kier molecular flexibility index (Phi) is 5.94. The van der Waals surface area contributed by atoms with E-state index in [-0.39, 0.29) is 29.9 Å². The van der Waals surface area contributed by atoms with E-state index < -0.39 is 0 Å². The van der Waals surface area contributed by atoms with Gasteiger partial charge in [-0.2, -0.15) is 0 Å². The molecule has 3 aliphatic heterocycles. The summed E-state index contributed by atoms with van der Waals surface area (Å²) in [5.41, 5.74) is 4.53. The number of nitrogens with zero attached hydrogens (tertiary/aromatic N) is 6. The van der Waals surface area contributed by atoms with Crippen LogP contribution in [0.4, 0.5) is 5.82 Å². The maximum absolute atomic E-state index is 13.5. The minimum absolute atomic E-state index is 0.0551. The van der Waals surface area contributed by atoms with E-state index in [4.69, 9.17) is 15.3 Å². The Balaban J connectivity index is 1.09. The standard InChI is InChI=1S/C25H27N7O4/c26-30-28-14-27-23-6-4-19-20(3-5-21(19)29-23)24(33)32-8-7-31-11-22(35-13-17(31)10-32)15-1-2-18-16(9-15)12-36-25(18)34/h1-2,4,6,9,14,17,20,22H,3,5,7-8,10-13H2,(H2,26,27,28,29). The Hall–Kier alpha value is -3.70. The number of aryl methyl sites for hydroxylation is 1. The summed E-state index contributed by atoms with van der Waals surface area (Å²) < 4.78 is 11.4. The van der Waals surface area contributed by atoms with Crippen LogP contribution in [-0.2, 0) is 27.3 Å². The van der Waals surface area contributed by atoms with Crippen molar-refractivity contribution in [3.05, 3.63) is 58.3 Å². The molecule has 4 heterocycles. The van der Waals surface area contributed by atoms with Gasteiger partial charge in [-0.25, -0.2) is 14.8 Å². The highest BCUT2D eigenvalue weighted by atomic mass is 16.5. The Morgan fingerprint density at radius 1 is 1.19 bits per heavy atom. The van der Waals surface area contributed by atoms with Gasteiger partial charge >= 0.3 is 5.97 Å². The van der Waals surface area contributed by atoms with E-state index in [1.54, 1.807) is 6.07 Å². The molecule has 0 bridgehead atoms. The number of morpholine rings is 1. The molecule has 2 saturated heterocycles. The van der Waals surface area contributed by atoms with Gasteiger partial charge in [-0.05, 0) is 42.2 Å². The summed E-state index contributed by atoms with van der Waals surface area (Å²) in [6.07, 6.45) is 2.70. The fourth-order valence-electron chi connectivity index (χ4n) is 5.66. The predicted molar refractivity (Wildman–Crippen MR) is 129 cm³/mol. The SMILES string of the molecule is NN=NC=Nc1ccc2c(n1)CCC2C(=O)N1CCN2CC(c3ccc4c(c3)COC4=O)OCC2C1. The number of hydrogen-bond acceptors (Lipinski definition) is 8. The van der Waals surface area contributed by atoms with Gasteiger partial charge in [0.1, 0.15) is 12.9 Å². The minimum Gasteiger partial charge on any atom is -0.457 e. The molecular weight excluding hydrogens is 462 g/mol. The highest BCUT2D eigenvalue weighted by molar-refractivity contribution is 5.93. The van der Waals surface area contributed by atoms with Crippen molar-refractivity contribution in [2.24, 2.45) is 21.2 Å². The first-order valence-electron chi connectivity index (χ1n) is 12.2. The molecule has 186 valence electrons. The lowest BCUT2D eigenvalue weighted by Crippen LogP contribution is -2.60. The van der Waals surface area contributed by atoms with Crippen LogP contribution in [0, 0.1) is 0 Å².